The van der Waals surface area contributed by atoms with Crippen LogP contribution in [0.15, 0.2) is 34.9 Å². The number of morpholine rings is 1. The Hall–Kier alpha value is -3.18. The lowest BCUT2D eigenvalue weighted by atomic mass is 10.2. The summed E-state index contributed by atoms with van der Waals surface area (Å²) in [7, 11) is 0. The Balaban J connectivity index is 1.51. The van der Waals surface area contributed by atoms with Gasteiger partial charge < -0.3 is 29.4 Å². The van der Waals surface area contributed by atoms with Crippen LogP contribution in [0.25, 0.3) is 0 Å². The topological polar surface area (TPSA) is 128 Å². The molecule has 11 heteroatoms. The highest BCUT2D eigenvalue weighted by Crippen LogP contribution is 2.11. The first-order valence-corrected chi connectivity index (χ1v) is 10.9. The van der Waals surface area contributed by atoms with E-state index in [4.69, 9.17) is 18.7 Å². The lowest BCUT2D eigenvalue weighted by Crippen LogP contribution is -2.51. The number of carbonyl (C=O) groups excluding carboxylic acids is 2. The monoisotopic (exact) mass is 461 g/mol. The van der Waals surface area contributed by atoms with Gasteiger partial charge in [0.05, 0.1) is 19.3 Å². The third-order valence-electron chi connectivity index (χ3n) is 4.70. The number of para-hydroxylation sites is 1. The zero-order chi connectivity index (χ0) is 23.7. The minimum Gasteiger partial charge on any atom is -0.492 e. The lowest BCUT2D eigenvalue weighted by molar-refractivity contribution is 0.00640. The maximum absolute atomic E-state index is 12.6. The molecule has 1 aliphatic heterocycles. The summed E-state index contributed by atoms with van der Waals surface area (Å²) < 4.78 is 21.5. The molecule has 1 saturated heterocycles. The molecule has 0 aliphatic carbocycles. The van der Waals surface area contributed by atoms with E-state index < -0.39 is 17.6 Å². The summed E-state index contributed by atoms with van der Waals surface area (Å²) in [6.45, 7) is 8.75. The quantitative estimate of drug-likeness (QED) is 0.572. The Labute approximate surface area is 192 Å². The molecule has 33 heavy (non-hydrogen) atoms. The minimum absolute atomic E-state index is 0.0451. The number of carbonyl (C=O) groups is 2. The van der Waals surface area contributed by atoms with Gasteiger partial charge in [0.1, 0.15) is 24.5 Å². The number of nitrogens with one attached hydrogen (secondary N) is 2. The summed E-state index contributed by atoms with van der Waals surface area (Å²) >= 11 is 0. The van der Waals surface area contributed by atoms with Gasteiger partial charge in [-0.1, -0.05) is 23.4 Å². The molecule has 1 aliphatic rings. The van der Waals surface area contributed by atoms with E-state index in [0.29, 0.717) is 26.4 Å². The first-order valence-electron chi connectivity index (χ1n) is 10.9. The molecule has 0 radical (unpaired) electrons. The highest BCUT2D eigenvalue weighted by atomic mass is 16.6. The average molecular weight is 462 g/mol. The molecule has 1 aromatic carbocycles. The second kappa shape index (κ2) is 11.6. The largest absolute Gasteiger partial charge is 0.492 e. The number of aromatic nitrogens is 2. The molecule has 2 aromatic rings. The van der Waals surface area contributed by atoms with E-state index in [0.717, 1.165) is 18.8 Å². The van der Waals surface area contributed by atoms with Gasteiger partial charge in [-0.3, -0.25) is 9.69 Å². The van der Waals surface area contributed by atoms with Gasteiger partial charge in [-0.15, -0.1) is 0 Å². The average Bonchev–Trinajstić information content (AvgIpc) is 3.27. The van der Waals surface area contributed by atoms with E-state index in [1.165, 1.54) is 0 Å². The Kier molecular flexibility index (Phi) is 8.61. The van der Waals surface area contributed by atoms with Gasteiger partial charge in [0, 0.05) is 19.6 Å². The standard InChI is InChI=1S/C22H31N5O6/c1-22(2,3)32-21(29)24-14-18-25-19(26-33-18)20(28)23-13-16(27-9-11-30-12-10-27)15-31-17-7-5-4-6-8-17/h4-8,16H,9-15H2,1-3H3,(H,23,28)(H,24,29). The van der Waals surface area contributed by atoms with Crippen LogP contribution in [-0.2, 0) is 16.0 Å². The Morgan fingerprint density at radius 3 is 2.58 bits per heavy atom. The third kappa shape index (κ3) is 8.35. The van der Waals surface area contributed by atoms with Gasteiger partial charge in [0.15, 0.2) is 0 Å². The minimum atomic E-state index is -0.620. The second-order valence-electron chi connectivity index (χ2n) is 8.50. The number of ether oxygens (including phenoxy) is 3. The predicted molar refractivity (Wildman–Crippen MR) is 118 cm³/mol. The van der Waals surface area contributed by atoms with Gasteiger partial charge in [-0.25, -0.2) is 4.79 Å². The van der Waals surface area contributed by atoms with E-state index in [9.17, 15) is 9.59 Å². The van der Waals surface area contributed by atoms with Crippen molar-refractivity contribution in [2.75, 3.05) is 39.5 Å². The van der Waals surface area contributed by atoms with Crippen LogP contribution in [0.2, 0.25) is 0 Å². The van der Waals surface area contributed by atoms with Crippen molar-refractivity contribution in [3.63, 3.8) is 0 Å². The maximum atomic E-state index is 12.6. The van der Waals surface area contributed by atoms with Crippen molar-refractivity contribution in [2.24, 2.45) is 0 Å². The number of benzene rings is 1. The third-order valence-corrected chi connectivity index (χ3v) is 4.70. The fraction of sp³-hybridized carbons (Fsp3) is 0.545. The van der Waals surface area contributed by atoms with Crippen molar-refractivity contribution >= 4 is 12.0 Å². The van der Waals surface area contributed by atoms with E-state index >= 15 is 0 Å². The van der Waals surface area contributed by atoms with Gasteiger partial charge in [-0.05, 0) is 32.9 Å². The summed E-state index contributed by atoms with van der Waals surface area (Å²) in [6, 6.07) is 9.47. The molecule has 1 fully saturated rings. The molecule has 1 aromatic heterocycles. The van der Waals surface area contributed by atoms with Crippen molar-refractivity contribution in [2.45, 2.75) is 39.0 Å². The van der Waals surface area contributed by atoms with Crippen LogP contribution in [0, 0.1) is 0 Å². The van der Waals surface area contributed by atoms with Gasteiger partial charge in [0.25, 0.3) is 11.7 Å². The highest BCUT2D eigenvalue weighted by molar-refractivity contribution is 5.90. The number of hydrogen-bond acceptors (Lipinski definition) is 9. The maximum Gasteiger partial charge on any atom is 0.408 e. The normalized spacial score (nSPS) is 15.5. The van der Waals surface area contributed by atoms with Crippen molar-refractivity contribution in [1.29, 1.82) is 0 Å². The molecule has 2 amide bonds. The number of nitrogens with zero attached hydrogens (tertiary/aromatic N) is 3. The molecule has 180 valence electrons. The summed E-state index contributed by atoms with van der Waals surface area (Å²) in [5, 5.41) is 9.05. The molecule has 1 atom stereocenters. The molecule has 1 unspecified atom stereocenters. The van der Waals surface area contributed by atoms with Crippen molar-refractivity contribution in [3.8, 4) is 5.75 Å². The zero-order valence-electron chi connectivity index (χ0n) is 19.2. The lowest BCUT2D eigenvalue weighted by Gasteiger charge is -2.34. The van der Waals surface area contributed by atoms with Crippen LogP contribution in [0.5, 0.6) is 5.75 Å². The van der Waals surface area contributed by atoms with Crippen LogP contribution in [0.3, 0.4) is 0 Å². The van der Waals surface area contributed by atoms with E-state index in [2.05, 4.69) is 25.7 Å². The summed E-state index contributed by atoms with van der Waals surface area (Å²) in [4.78, 5) is 30.5. The van der Waals surface area contributed by atoms with Gasteiger partial charge >= 0.3 is 6.09 Å². The van der Waals surface area contributed by atoms with E-state index in [-0.39, 0.29) is 24.3 Å². The Bertz CT molecular complexity index is 892. The predicted octanol–water partition coefficient (Wildman–Crippen LogP) is 1.60. The molecule has 0 bridgehead atoms. The summed E-state index contributed by atoms with van der Waals surface area (Å²) in [6.07, 6.45) is -0.613. The zero-order valence-corrected chi connectivity index (χ0v) is 19.2. The van der Waals surface area contributed by atoms with Crippen molar-refractivity contribution in [3.05, 3.63) is 42.0 Å². The molecule has 0 spiro atoms. The molecule has 11 nitrogen and oxygen atoms in total. The van der Waals surface area contributed by atoms with Crippen molar-refractivity contribution < 1.29 is 28.3 Å². The number of alkyl carbamates (subject to hydrolysis) is 1. The van der Waals surface area contributed by atoms with E-state index in [1.807, 2.05) is 30.3 Å². The molecule has 0 saturated carbocycles. The van der Waals surface area contributed by atoms with Crippen LogP contribution in [0.1, 0.15) is 37.3 Å². The smallest absolute Gasteiger partial charge is 0.408 e. The van der Waals surface area contributed by atoms with Gasteiger partial charge in [0.2, 0.25) is 5.89 Å². The molecule has 2 heterocycles. The first-order chi connectivity index (χ1) is 15.8. The number of rotatable bonds is 9. The van der Waals surface area contributed by atoms with E-state index in [1.54, 1.807) is 20.8 Å². The van der Waals surface area contributed by atoms with Crippen LogP contribution < -0.4 is 15.4 Å². The molecular weight excluding hydrogens is 430 g/mol. The summed E-state index contributed by atoms with van der Waals surface area (Å²) in [5.41, 5.74) is -0.620. The van der Waals surface area contributed by atoms with Crippen LogP contribution in [0.4, 0.5) is 4.79 Å². The highest BCUT2D eigenvalue weighted by Gasteiger charge is 2.24. The SMILES string of the molecule is CC(C)(C)OC(=O)NCc1nc(C(=O)NCC(COc2ccccc2)N2CCOCC2)no1. The van der Waals surface area contributed by atoms with Crippen LogP contribution >= 0.6 is 0 Å². The number of amides is 2. The van der Waals surface area contributed by atoms with Crippen molar-refractivity contribution in [1.82, 2.24) is 25.7 Å². The second-order valence-corrected chi connectivity index (χ2v) is 8.50. The molecule has 3 rings (SSSR count). The first kappa shape index (κ1) is 24.5. The Morgan fingerprint density at radius 2 is 1.88 bits per heavy atom. The fourth-order valence-corrected chi connectivity index (χ4v) is 3.12. The fourth-order valence-electron chi connectivity index (χ4n) is 3.12. The Morgan fingerprint density at radius 1 is 1.15 bits per heavy atom. The number of hydrogen-bond donors (Lipinski definition) is 2. The summed E-state index contributed by atoms with van der Waals surface area (Å²) in [5.74, 6) is 0.284. The van der Waals surface area contributed by atoms with Gasteiger partial charge in [-0.2, -0.15) is 4.98 Å². The van der Waals surface area contributed by atoms with Crippen LogP contribution in [-0.4, -0.2) is 78.1 Å². The molecular formula is C22H31N5O6. The molecule has 2 N–H and O–H groups in total.